The number of halogens is 2. The van der Waals surface area contributed by atoms with Crippen molar-refractivity contribution in [2.75, 3.05) is 13.2 Å². The topological polar surface area (TPSA) is 89.8 Å². The first-order chi connectivity index (χ1) is 13.4. The van der Waals surface area contributed by atoms with Gasteiger partial charge in [-0.1, -0.05) is 41.4 Å². The first-order valence-corrected chi connectivity index (χ1v) is 9.51. The predicted molar refractivity (Wildman–Crippen MR) is 108 cm³/mol. The quantitative estimate of drug-likeness (QED) is 0.357. The van der Waals surface area contributed by atoms with Crippen LogP contribution in [0.4, 0.5) is 10.5 Å². The Morgan fingerprint density at radius 1 is 1.14 bits per heavy atom. The van der Waals surface area contributed by atoms with E-state index in [1.165, 1.54) is 18.2 Å². The molecule has 0 saturated carbocycles. The van der Waals surface area contributed by atoms with Crippen LogP contribution in [0, 0.1) is 10.1 Å². The number of ether oxygens (including phenoxy) is 1. The van der Waals surface area contributed by atoms with Crippen LogP contribution in [0.1, 0.15) is 5.56 Å². The summed E-state index contributed by atoms with van der Waals surface area (Å²) in [5.74, 6) is 0.0884. The average molecular weight is 439 g/mol. The van der Waals surface area contributed by atoms with Gasteiger partial charge in [0, 0.05) is 16.7 Å². The van der Waals surface area contributed by atoms with Crippen LogP contribution in [-0.2, 0) is 4.79 Å². The van der Waals surface area contributed by atoms with Crippen molar-refractivity contribution in [2.45, 2.75) is 0 Å². The zero-order valence-corrected chi connectivity index (χ0v) is 16.5. The molecule has 2 aromatic carbocycles. The number of hydrogen-bond donors (Lipinski definition) is 0. The van der Waals surface area contributed by atoms with E-state index in [2.05, 4.69) is 0 Å². The summed E-state index contributed by atoms with van der Waals surface area (Å²) in [6.07, 6.45) is 1.29. The van der Waals surface area contributed by atoms with Gasteiger partial charge >= 0.3 is 0 Å². The molecule has 1 aliphatic heterocycles. The third-order valence-electron chi connectivity index (χ3n) is 3.78. The number of thioether (sulfide) groups is 1. The van der Waals surface area contributed by atoms with E-state index in [4.69, 9.17) is 27.9 Å². The van der Waals surface area contributed by atoms with E-state index < -0.39 is 16.1 Å². The molecule has 3 rings (SSSR count). The van der Waals surface area contributed by atoms with E-state index in [0.29, 0.717) is 17.5 Å². The number of para-hydroxylation sites is 1. The number of carbonyl (C=O) groups excluding carboxylic acids is 2. The molecule has 1 fully saturated rings. The van der Waals surface area contributed by atoms with Crippen LogP contribution in [0.3, 0.4) is 0 Å². The van der Waals surface area contributed by atoms with E-state index >= 15 is 0 Å². The number of nitrogens with zero attached hydrogens (tertiary/aromatic N) is 2. The molecule has 2 amide bonds. The summed E-state index contributed by atoms with van der Waals surface area (Å²) in [6, 6.07) is 11.5. The van der Waals surface area contributed by atoms with Gasteiger partial charge in [-0.15, -0.1) is 0 Å². The van der Waals surface area contributed by atoms with E-state index in [-0.39, 0.29) is 39.4 Å². The molecule has 0 aliphatic carbocycles. The number of rotatable bonds is 6. The molecular weight excluding hydrogens is 427 g/mol. The monoisotopic (exact) mass is 438 g/mol. The Kier molecular flexibility index (Phi) is 6.23. The molecule has 0 aromatic heterocycles. The molecule has 144 valence electrons. The zero-order valence-electron chi connectivity index (χ0n) is 14.1. The molecule has 7 nitrogen and oxygen atoms in total. The Bertz CT molecular complexity index is 981. The maximum atomic E-state index is 12.5. The Morgan fingerprint density at radius 3 is 2.54 bits per heavy atom. The normalized spacial score (nSPS) is 15.4. The van der Waals surface area contributed by atoms with Gasteiger partial charge in [0.2, 0.25) is 0 Å². The fourth-order valence-corrected chi connectivity index (χ4v) is 3.82. The van der Waals surface area contributed by atoms with Gasteiger partial charge in [0.05, 0.1) is 16.4 Å². The Hall–Kier alpha value is -2.55. The van der Waals surface area contributed by atoms with Gasteiger partial charge < -0.3 is 4.74 Å². The summed E-state index contributed by atoms with van der Waals surface area (Å²) in [5.41, 5.74) is -0.226. The fraction of sp³-hybridized carbons (Fsp3) is 0.111. The van der Waals surface area contributed by atoms with Crippen molar-refractivity contribution in [3.05, 3.63) is 73.1 Å². The fourth-order valence-electron chi connectivity index (χ4n) is 2.43. The van der Waals surface area contributed by atoms with E-state index in [1.54, 1.807) is 12.1 Å². The smallest absolute Gasteiger partial charge is 0.293 e. The number of nitro benzene ring substituents is 1. The Morgan fingerprint density at radius 2 is 1.86 bits per heavy atom. The summed E-state index contributed by atoms with van der Waals surface area (Å²) < 4.78 is 5.51. The third-order valence-corrected chi connectivity index (χ3v) is 5.41. The van der Waals surface area contributed by atoms with Crippen molar-refractivity contribution in [3.8, 4) is 5.75 Å². The van der Waals surface area contributed by atoms with Gasteiger partial charge in [-0.25, -0.2) is 0 Å². The molecule has 28 heavy (non-hydrogen) atoms. The van der Waals surface area contributed by atoms with Crippen LogP contribution in [-0.4, -0.2) is 34.1 Å². The highest BCUT2D eigenvalue weighted by molar-refractivity contribution is 8.18. The molecule has 1 heterocycles. The number of imide groups is 1. The first kappa shape index (κ1) is 20.2. The summed E-state index contributed by atoms with van der Waals surface area (Å²) >= 11 is 12.8. The van der Waals surface area contributed by atoms with Gasteiger partial charge in [-0.05, 0) is 36.0 Å². The van der Waals surface area contributed by atoms with Crippen LogP contribution in [0.15, 0.2) is 47.4 Å². The van der Waals surface area contributed by atoms with E-state index in [9.17, 15) is 19.7 Å². The summed E-state index contributed by atoms with van der Waals surface area (Å²) in [7, 11) is 0. The molecular formula is C18H12Cl2N2O5S. The van der Waals surface area contributed by atoms with Gasteiger partial charge in [0.15, 0.2) is 0 Å². The second-order valence-electron chi connectivity index (χ2n) is 5.55. The Labute approximate surface area is 174 Å². The van der Waals surface area contributed by atoms with Crippen LogP contribution in [0.25, 0.3) is 6.08 Å². The van der Waals surface area contributed by atoms with Crippen molar-refractivity contribution in [1.82, 2.24) is 4.90 Å². The highest BCUT2D eigenvalue weighted by Crippen LogP contribution is 2.38. The van der Waals surface area contributed by atoms with E-state index in [1.807, 2.05) is 18.2 Å². The van der Waals surface area contributed by atoms with Crippen LogP contribution < -0.4 is 4.74 Å². The lowest BCUT2D eigenvalue weighted by Crippen LogP contribution is -2.32. The lowest BCUT2D eigenvalue weighted by atomic mass is 10.1. The van der Waals surface area contributed by atoms with Crippen molar-refractivity contribution >= 4 is 57.9 Å². The molecule has 1 aliphatic rings. The maximum Gasteiger partial charge on any atom is 0.293 e. The van der Waals surface area contributed by atoms with Gasteiger partial charge in [-0.2, -0.15) is 0 Å². The van der Waals surface area contributed by atoms with Crippen LogP contribution >= 0.6 is 35.0 Å². The summed E-state index contributed by atoms with van der Waals surface area (Å²) in [5, 5.41) is 10.5. The molecule has 0 bridgehead atoms. The van der Waals surface area contributed by atoms with Crippen molar-refractivity contribution in [2.24, 2.45) is 0 Å². The van der Waals surface area contributed by atoms with Gasteiger partial charge in [-0.3, -0.25) is 24.6 Å². The number of amides is 2. The minimum absolute atomic E-state index is 0.0628. The molecule has 10 heteroatoms. The minimum atomic E-state index is -0.650. The number of hydrogen-bond acceptors (Lipinski definition) is 6. The standard InChI is InChI=1S/C18H12Cl2N2O5S/c19-13-6-7-14(22(25)26)16(20)12(13)10-15-17(23)21(18(24)28-15)8-9-27-11-4-2-1-3-5-11/h1-7,10H,8-9H2/b15-10-. The molecule has 0 unspecified atom stereocenters. The molecule has 0 atom stereocenters. The highest BCUT2D eigenvalue weighted by atomic mass is 35.5. The number of benzene rings is 2. The second kappa shape index (κ2) is 8.64. The summed E-state index contributed by atoms with van der Waals surface area (Å²) in [6.45, 7) is 0.195. The lowest BCUT2D eigenvalue weighted by Gasteiger charge is -2.13. The molecule has 1 saturated heterocycles. The predicted octanol–water partition coefficient (Wildman–Crippen LogP) is 5.02. The first-order valence-electron chi connectivity index (χ1n) is 7.94. The van der Waals surface area contributed by atoms with Crippen LogP contribution in [0.5, 0.6) is 5.75 Å². The van der Waals surface area contributed by atoms with E-state index in [0.717, 1.165) is 4.90 Å². The molecule has 0 radical (unpaired) electrons. The molecule has 2 aromatic rings. The van der Waals surface area contributed by atoms with Crippen molar-refractivity contribution < 1.29 is 19.2 Å². The third kappa shape index (κ3) is 4.30. The average Bonchev–Trinajstić information content (AvgIpc) is 2.93. The zero-order chi connectivity index (χ0) is 20.3. The van der Waals surface area contributed by atoms with Gasteiger partial charge in [0.25, 0.3) is 16.8 Å². The van der Waals surface area contributed by atoms with Crippen molar-refractivity contribution in [3.63, 3.8) is 0 Å². The second-order valence-corrected chi connectivity index (χ2v) is 7.32. The minimum Gasteiger partial charge on any atom is -0.492 e. The summed E-state index contributed by atoms with van der Waals surface area (Å²) in [4.78, 5) is 36.2. The lowest BCUT2D eigenvalue weighted by molar-refractivity contribution is -0.384. The number of carbonyl (C=O) groups is 2. The molecule has 0 N–H and O–H groups in total. The van der Waals surface area contributed by atoms with Gasteiger partial charge in [0.1, 0.15) is 17.4 Å². The SMILES string of the molecule is O=C1S/C(=C\c2c(Cl)ccc([N+](=O)[O-])c2Cl)C(=O)N1CCOc1ccccc1. The Balaban J connectivity index is 1.76. The van der Waals surface area contributed by atoms with Crippen molar-refractivity contribution in [1.29, 1.82) is 0 Å². The number of nitro groups is 1. The molecule has 0 spiro atoms. The maximum absolute atomic E-state index is 12.5. The largest absolute Gasteiger partial charge is 0.492 e. The van der Waals surface area contributed by atoms with Crippen LogP contribution in [0.2, 0.25) is 10.0 Å². The highest BCUT2D eigenvalue weighted by Gasteiger charge is 2.35.